The summed E-state index contributed by atoms with van der Waals surface area (Å²) in [6.45, 7) is 1.29. The third-order valence-corrected chi connectivity index (χ3v) is 4.91. The van der Waals surface area contributed by atoms with E-state index in [1.54, 1.807) is 12.1 Å². The molecular formula is C17H17IN2O3. The summed E-state index contributed by atoms with van der Waals surface area (Å²) in [5, 5.41) is 2.96. The minimum Gasteiger partial charge on any atom is -0.459 e. The predicted molar refractivity (Wildman–Crippen MR) is 94.3 cm³/mol. The van der Waals surface area contributed by atoms with Crippen molar-refractivity contribution in [3.63, 3.8) is 0 Å². The van der Waals surface area contributed by atoms with Gasteiger partial charge in [0.1, 0.15) is 0 Å². The van der Waals surface area contributed by atoms with Crippen molar-refractivity contribution in [2.75, 3.05) is 13.1 Å². The van der Waals surface area contributed by atoms with Gasteiger partial charge in [-0.1, -0.05) is 12.1 Å². The van der Waals surface area contributed by atoms with Crippen LogP contribution >= 0.6 is 22.6 Å². The molecule has 0 aliphatic carbocycles. The highest BCUT2D eigenvalue weighted by Gasteiger charge is 2.26. The highest BCUT2D eigenvalue weighted by molar-refractivity contribution is 14.1. The smallest absolute Gasteiger partial charge is 0.287 e. The second-order valence-corrected chi connectivity index (χ2v) is 6.66. The molecule has 120 valence electrons. The average Bonchev–Trinajstić information content (AvgIpc) is 3.10. The number of hydrogen-bond donors (Lipinski definition) is 1. The molecule has 3 rings (SSSR count). The second-order valence-electron chi connectivity index (χ2n) is 5.50. The summed E-state index contributed by atoms with van der Waals surface area (Å²) in [7, 11) is 0. The van der Waals surface area contributed by atoms with Crippen LogP contribution in [-0.4, -0.2) is 35.8 Å². The number of amides is 2. The maximum atomic E-state index is 12.6. The first kappa shape index (κ1) is 16.0. The van der Waals surface area contributed by atoms with E-state index in [1.165, 1.54) is 6.26 Å². The zero-order valence-electron chi connectivity index (χ0n) is 12.5. The summed E-state index contributed by atoms with van der Waals surface area (Å²) in [5.74, 6) is 0.186. The van der Waals surface area contributed by atoms with Gasteiger partial charge >= 0.3 is 0 Å². The first-order valence-corrected chi connectivity index (χ1v) is 8.61. The van der Waals surface area contributed by atoms with Crippen molar-refractivity contribution in [2.45, 2.75) is 18.9 Å². The molecule has 2 heterocycles. The molecule has 5 nitrogen and oxygen atoms in total. The van der Waals surface area contributed by atoms with Gasteiger partial charge in [0.15, 0.2) is 5.76 Å². The van der Waals surface area contributed by atoms with Crippen molar-refractivity contribution in [2.24, 2.45) is 0 Å². The Hall–Kier alpha value is -1.83. The summed E-state index contributed by atoms with van der Waals surface area (Å²) in [5.41, 5.74) is 0.742. The topological polar surface area (TPSA) is 62.6 Å². The molecule has 0 bridgehead atoms. The molecule has 1 aliphatic rings. The number of benzene rings is 1. The van der Waals surface area contributed by atoms with E-state index in [-0.39, 0.29) is 17.9 Å². The molecule has 23 heavy (non-hydrogen) atoms. The fraction of sp³-hybridized carbons (Fsp3) is 0.294. The van der Waals surface area contributed by atoms with E-state index in [9.17, 15) is 9.59 Å². The Kier molecular flexibility index (Phi) is 5.00. The number of likely N-dealkylation sites (tertiary alicyclic amines) is 1. The second kappa shape index (κ2) is 7.16. The van der Waals surface area contributed by atoms with E-state index in [4.69, 9.17) is 4.42 Å². The van der Waals surface area contributed by atoms with Gasteiger partial charge < -0.3 is 14.6 Å². The summed E-state index contributed by atoms with van der Waals surface area (Å²) in [6.07, 6.45) is 2.99. The van der Waals surface area contributed by atoms with Gasteiger partial charge in [-0.15, -0.1) is 0 Å². The molecule has 0 unspecified atom stereocenters. The van der Waals surface area contributed by atoms with E-state index < -0.39 is 0 Å². The maximum absolute atomic E-state index is 12.6. The number of hydrogen-bond acceptors (Lipinski definition) is 3. The molecular weight excluding hydrogens is 407 g/mol. The quantitative estimate of drug-likeness (QED) is 0.771. The molecule has 2 amide bonds. The van der Waals surface area contributed by atoms with E-state index in [0.29, 0.717) is 18.8 Å². The Balaban J connectivity index is 1.55. The molecule has 1 aromatic heterocycles. The highest BCUT2D eigenvalue weighted by Crippen LogP contribution is 2.18. The van der Waals surface area contributed by atoms with E-state index >= 15 is 0 Å². The Labute approximate surface area is 148 Å². The molecule has 2 aromatic rings. The van der Waals surface area contributed by atoms with Crippen LogP contribution in [0.25, 0.3) is 0 Å². The van der Waals surface area contributed by atoms with E-state index in [0.717, 1.165) is 22.0 Å². The first-order chi connectivity index (χ1) is 11.1. The first-order valence-electron chi connectivity index (χ1n) is 7.53. The third-order valence-electron chi connectivity index (χ3n) is 3.97. The van der Waals surface area contributed by atoms with Crippen molar-refractivity contribution in [1.82, 2.24) is 10.2 Å². The average molecular weight is 424 g/mol. The lowest BCUT2D eigenvalue weighted by atomic mass is 10.0. The largest absolute Gasteiger partial charge is 0.459 e. The van der Waals surface area contributed by atoms with Crippen molar-refractivity contribution in [1.29, 1.82) is 0 Å². The Morgan fingerprint density at radius 2 is 1.87 bits per heavy atom. The molecule has 1 saturated heterocycles. The Morgan fingerprint density at radius 3 is 2.52 bits per heavy atom. The van der Waals surface area contributed by atoms with Crippen LogP contribution in [0.15, 0.2) is 47.1 Å². The number of nitrogens with zero attached hydrogens (tertiary/aromatic N) is 1. The monoisotopic (exact) mass is 424 g/mol. The van der Waals surface area contributed by atoms with Crippen LogP contribution in [0.3, 0.4) is 0 Å². The third kappa shape index (κ3) is 3.74. The van der Waals surface area contributed by atoms with Crippen LogP contribution in [0.1, 0.15) is 33.8 Å². The Morgan fingerprint density at radius 1 is 1.13 bits per heavy atom. The lowest BCUT2D eigenvalue weighted by Gasteiger charge is -2.32. The van der Waals surface area contributed by atoms with Crippen LogP contribution in [0.2, 0.25) is 0 Å². The van der Waals surface area contributed by atoms with Crippen LogP contribution in [0.4, 0.5) is 0 Å². The predicted octanol–water partition coefficient (Wildman–Crippen LogP) is 2.92. The number of carbonyl (C=O) groups is 2. The van der Waals surface area contributed by atoms with Crippen molar-refractivity contribution < 1.29 is 14.0 Å². The molecule has 6 heteroatoms. The normalized spacial score (nSPS) is 15.4. The molecule has 1 aliphatic heterocycles. The van der Waals surface area contributed by atoms with Gasteiger partial charge in [0.2, 0.25) is 0 Å². The molecule has 0 saturated carbocycles. The SMILES string of the molecule is O=C(NC1CCN(C(=O)c2ccccc2I)CC1)c1ccco1. The zero-order valence-corrected chi connectivity index (χ0v) is 14.7. The molecule has 0 radical (unpaired) electrons. The lowest BCUT2D eigenvalue weighted by Crippen LogP contribution is -2.46. The number of halogens is 1. The summed E-state index contributed by atoms with van der Waals surface area (Å²) in [6, 6.07) is 11.0. The van der Waals surface area contributed by atoms with Gasteiger partial charge in [0.05, 0.1) is 11.8 Å². The number of piperidine rings is 1. The Bertz CT molecular complexity index is 692. The van der Waals surface area contributed by atoms with Crippen molar-refractivity contribution in [3.8, 4) is 0 Å². The van der Waals surface area contributed by atoms with Gasteiger partial charge in [0.25, 0.3) is 11.8 Å². The molecule has 0 atom stereocenters. The molecule has 1 fully saturated rings. The maximum Gasteiger partial charge on any atom is 0.287 e. The zero-order chi connectivity index (χ0) is 16.2. The van der Waals surface area contributed by atoms with E-state index in [2.05, 4.69) is 27.9 Å². The lowest BCUT2D eigenvalue weighted by molar-refractivity contribution is 0.0694. The minimum atomic E-state index is -0.197. The minimum absolute atomic E-state index is 0.0609. The van der Waals surface area contributed by atoms with Crippen LogP contribution < -0.4 is 5.32 Å². The highest BCUT2D eigenvalue weighted by atomic mass is 127. The number of carbonyl (C=O) groups excluding carboxylic acids is 2. The summed E-state index contributed by atoms with van der Waals surface area (Å²) in [4.78, 5) is 26.4. The van der Waals surface area contributed by atoms with Crippen molar-refractivity contribution in [3.05, 3.63) is 57.6 Å². The molecule has 0 spiro atoms. The molecule has 1 aromatic carbocycles. The number of nitrogens with one attached hydrogen (secondary N) is 1. The fourth-order valence-corrected chi connectivity index (χ4v) is 3.31. The van der Waals surface area contributed by atoms with E-state index in [1.807, 2.05) is 29.2 Å². The fourth-order valence-electron chi connectivity index (χ4n) is 2.70. The van der Waals surface area contributed by atoms with Gasteiger partial charge in [-0.25, -0.2) is 0 Å². The van der Waals surface area contributed by atoms with Gasteiger partial charge in [-0.05, 0) is 59.7 Å². The van der Waals surface area contributed by atoms with Crippen LogP contribution in [0.5, 0.6) is 0 Å². The standard InChI is InChI=1S/C17H17IN2O3/c18-14-5-2-1-4-13(14)17(22)20-9-7-12(8-10-20)19-16(21)15-6-3-11-23-15/h1-6,11-12H,7-10H2,(H,19,21). The van der Waals surface area contributed by atoms with Crippen molar-refractivity contribution >= 4 is 34.4 Å². The van der Waals surface area contributed by atoms with Crippen LogP contribution in [-0.2, 0) is 0 Å². The summed E-state index contributed by atoms with van der Waals surface area (Å²) >= 11 is 2.18. The van der Waals surface area contributed by atoms with Crippen LogP contribution in [0, 0.1) is 3.57 Å². The number of furan rings is 1. The number of rotatable bonds is 3. The van der Waals surface area contributed by atoms with Gasteiger partial charge in [-0.2, -0.15) is 0 Å². The van der Waals surface area contributed by atoms with Gasteiger partial charge in [-0.3, -0.25) is 9.59 Å². The summed E-state index contributed by atoms with van der Waals surface area (Å²) < 4.78 is 6.05. The molecule has 1 N–H and O–H groups in total. The van der Waals surface area contributed by atoms with Gasteiger partial charge in [0, 0.05) is 22.7 Å².